The van der Waals surface area contributed by atoms with E-state index in [2.05, 4.69) is 60.8 Å². The number of hydrogen-bond acceptors (Lipinski definition) is 2. The summed E-state index contributed by atoms with van der Waals surface area (Å²) in [5.74, 6) is 0.973. The zero-order valence-corrected chi connectivity index (χ0v) is 13.1. The third-order valence-corrected chi connectivity index (χ3v) is 2.96. The minimum Gasteiger partial charge on any atom is -0.494 e. The van der Waals surface area contributed by atoms with Crippen molar-refractivity contribution in [2.24, 2.45) is 0 Å². The van der Waals surface area contributed by atoms with E-state index in [0.717, 1.165) is 31.7 Å². The number of rotatable bonds is 6. The molecular formula is C14H22INO. The second kappa shape index (κ2) is 7.21. The molecule has 17 heavy (non-hydrogen) atoms. The Morgan fingerprint density at radius 1 is 1.24 bits per heavy atom. The molecule has 0 atom stereocenters. The van der Waals surface area contributed by atoms with Crippen LogP contribution >= 0.6 is 22.6 Å². The summed E-state index contributed by atoms with van der Waals surface area (Å²) in [5.41, 5.74) is 0.219. The van der Waals surface area contributed by atoms with Gasteiger partial charge in [-0.2, -0.15) is 0 Å². The Bertz CT molecular complexity index is 333. The van der Waals surface area contributed by atoms with Crippen LogP contribution in [0.25, 0.3) is 0 Å². The molecule has 0 saturated heterocycles. The predicted octanol–water partition coefficient (Wildman–Crippen LogP) is 3.84. The van der Waals surface area contributed by atoms with E-state index in [-0.39, 0.29) is 5.54 Å². The second-order valence-electron chi connectivity index (χ2n) is 5.19. The van der Waals surface area contributed by atoms with Gasteiger partial charge >= 0.3 is 0 Å². The first-order chi connectivity index (χ1) is 7.97. The summed E-state index contributed by atoms with van der Waals surface area (Å²) in [7, 11) is 0. The van der Waals surface area contributed by atoms with Gasteiger partial charge in [0.2, 0.25) is 0 Å². The van der Waals surface area contributed by atoms with Crippen molar-refractivity contribution in [2.75, 3.05) is 13.2 Å². The molecule has 96 valence electrons. The van der Waals surface area contributed by atoms with E-state index in [0.29, 0.717) is 0 Å². The third-order valence-electron chi connectivity index (χ3n) is 2.29. The molecule has 0 aliphatic rings. The Morgan fingerprint density at radius 2 is 2.00 bits per heavy atom. The first-order valence-corrected chi connectivity index (χ1v) is 7.19. The largest absolute Gasteiger partial charge is 0.494 e. The first kappa shape index (κ1) is 14.8. The Balaban J connectivity index is 2.09. The van der Waals surface area contributed by atoms with Crippen LogP contribution < -0.4 is 10.1 Å². The fourth-order valence-corrected chi connectivity index (χ4v) is 1.95. The summed E-state index contributed by atoms with van der Waals surface area (Å²) in [4.78, 5) is 0. The summed E-state index contributed by atoms with van der Waals surface area (Å²) >= 11 is 2.30. The Labute approximate surface area is 118 Å². The van der Waals surface area contributed by atoms with Crippen LogP contribution in [0.5, 0.6) is 5.75 Å². The molecule has 0 amide bonds. The number of hydrogen-bond donors (Lipinski definition) is 1. The van der Waals surface area contributed by atoms with Crippen LogP contribution in [-0.4, -0.2) is 18.7 Å². The highest BCUT2D eigenvalue weighted by Gasteiger charge is 2.06. The topological polar surface area (TPSA) is 21.3 Å². The normalized spacial score (nSPS) is 11.5. The van der Waals surface area contributed by atoms with Gasteiger partial charge in [0.25, 0.3) is 0 Å². The van der Waals surface area contributed by atoms with E-state index in [1.165, 1.54) is 3.57 Å². The molecule has 0 bridgehead atoms. The van der Waals surface area contributed by atoms with Crippen molar-refractivity contribution in [2.45, 2.75) is 39.2 Å². The highest BCUT2D eigenvalue weighted by molar-refractivity contribution is 14.1. The van der Waals surface area contributed by atoms with Crippen LogP contribution in [-0.2, 0) is 0 Å². The van der Waals surface area contributed by atoms with Crippen molar-refractivity contribution < 1.29 is 4.74 Å². The Morgan fingerprint density at radius 3 is 2.65 bits per heavy atom. The van der Waals surface area contributed by atoms with Crippen LogP contribution in [0.2, 0.25) is 0 Å². The number of nitrogens with one attached hydrogen (secondary N) is 1. The van der Waals surface area contributed by atoms with Gasteiger partial charge in [0, 0.05) is 9.11 Å². The lowest BCUT2D eigenvalue weighted by molar-refractivity contribution is 0.301. The molecule has 0 aromatic heterocycles. The van der Waals surface area contributed by atoms with Gasteiger partial charge in [0.1, 0.15) is 5.75 Å². The van der Waals surface area contributed by atoms with Crippen molar-refractivity contribution in [3.05, 3.63) is 27.8 Å². The minimum atomic E-state index is 0.219. The van der Waals surface area contributed by atoms with Crippen LogP contribution in [0.3, 0.4) is 0 Å². The molecule has 0 aliphatic heterocycles. The van der Waals surface area contributed by atoms with Gasteiger partial charge in [-0.1, -0.05) is 6.07 Å². The van der Waals surface area contributed by atoms with Crippen LogP contribution in [0.1, 0.15) is 33.6 Å². The molecule has 0 heterocycles. The molecule has 1 aromatic rings. The lowest BCUT2D eigenvalue weighted by Crippen LogP contribution is -2.36. The summed E-state index contributed by atoms with van der Waals surface area (Å²) in [6.45, 7) is 8.42. The molecule has 0 spiro atoms. The van der Waals surface area contributed by atoms with E-state index in [1.807, 2.05) is 12.1 Å². The number of unbranched alkanes of at least 4 members (excludes halogenated alkanes) is 1. The summed E-state index contributed by atoms with van der Waals surface area (Å²) in [5, 5.41) is 3.47. The number of ether oxygens (including phenoxy) is 1. The van der Waals surface area contributed by atoms with E-state index < -0.39 is 0 Å². The molecule has 0 saturated carbocycles. The van der Waals surface area contributed by atoms with Gasteiger partial charge < -0.3 is 10.1 Å². The lowest BCUT2D eigenvalue weighted by Gasteiger charge is -2.20. The highest BCUT2D eigenvalue weighted by atomic mass is 127. The second-order valence-corrected chi connectivity index (χ2v) is 6.44. The number of benzene rings is 1. The minimum absolute atomic E-state index is 0.219. The van der Waals surface area contributed by atoms with Crippen molar-refractivity contribution in [1.82, 2.24) is 5.32 Å². The molecule has 3 heteroatoms. The molecular weight excluding hydrogens is 325 g/mol. The van der Waals surface area contributed by atoms with Crippen molar-refractivity contribution in [1.29, 1.82) is 0 Å². The zero-order valence-electron chi connectivity index (χ0n) is 10.9. The van der Waals surface area contributed by atoms with Gasteiger partial charge in [0.15, 0.2) is 0 Å². The quantitative estimate of drug-likeness (QED) is 0.624. The fraction of sp³-hybridized carbons (Fsp3) is 0.571. The van der Waals surface area contributed by atoms with Gasteiger partial charge in [-0.15, -0.1) is 0 Å². The van der Waals surface area contributed by atoms with Crippen LogP contribution in [0, 0.1) is 3.57 Å². The first-order valence-electron chi connectivity index (χ1n) is 6.11. The molecule has 0 unspecified atom stereocenters. The van der Waals surface area contributed by atoms with Crippen molar-refractivity contribution in [3.63, 3.8) is 0 Å². The van der Waals surface area contributed by atoms with Crippen LogP contribution in [0.15, 0.2) is 24.3 Å². The van der Waals surface area contributed by atoms with E-state index >= 15 is 0 Å². The van der Waals surface area contributed by atoms with Gasteiger partial charge in [-0.25, -0.2) is 0 Å². The molecule has 2 nitrogen and oxygen atoms in total. The van der Waals surface area contributed by atoms with E-state index in [4.69, 9.17) is 4.74 Å². The van der Waals surface area contributed by atoms with Crippen molar-refractivity contribution >= 4 is 22.6 Å². The Kier molecular flexibility index (Phi) is 6.27. The molecule has 0 aliphatic carbocycles. The number of halogens is 1. The fourth-order valence-electron chi connectivity index (χ4n) is 1.44. The maximum atomic E-state index is 5.69. The lowest BCUT2D eigenvalue weighted by atomic mass is 10.1. The van der Waals surface area contributed by atoms with Crippen molar-refractivity contribution in [3.8, 4) is 5.75 Å². The van der Waals surface area contributed by atoms with Gasteiger partial charge in [-0.05, 0) is 80.9 Å². The van der Waals surface area contributed by atoms with Crippen LogP contribution in [0.4, 0.5) is 0 Å². The molecule has 0 radical (unpaired) electrons. The summed E-state index contributed by atoms with van der Waals surface area (Å²) in [6.07, 6.45) is 2.25. The molecule has 0 fully saturated rings. The van der Waals surface area contributed by atoms with E-state index in [1.54, 1.807) is 0 Å². The monoisotopic (exact) mass is 347 g/mol. The summed E-state index contributed by atoms with van der Waals surface area (Å²) in [6, 6.07) is 8.17. The van der Waals surface area contributed by atoms with Gasteiger partial charge in [-0.3, -0.25) is 0 Å². The zero-order chi connectivity index (χ0) is 12.7. The standard InChI is InChI=1S/C14H22INO/c1-14(2,3)16-9-4-5-10-17-13-8-6-7-12(15)11-13/h6-8,11,16H,4-5,9-10H2,1-3H3. The predicted molar refractivity (Wildman–Crippen MR) is 81.6 cm³/mol. The van der Waals surface area contributed by atoms with Gasteiger partial charge in [0.05, 0.1) is 6.61 Å². The molecule has 1 N–H and O–H groups in total. The van der Waals surface area contributed by atoms with E-state index in [9.17, 15) is 0 Å². The molecule has 1 rings (SSSR count). The SMILES string of the molecule is CC(C)(C)NCCCCOc1cccc(I)c1. The molecule has 1 aromatic carbocycles. The maximum absolute atomic E-state index is 5.69. The summed E-state index contributed by atoms with van der Waals surface area (Å²) < 4.78 is 6.90. The highest BCUT2D eigenvalue weighted by Crippen LogP contribution is 2.14. The maximum Gasteiger partial charge on any atom is 0.120 e. The average molecular weight is 347 g/mol. The Hall–Kier alpha value is -0.290. The smallest absolute Gasteiger partial charge is 0.120 e. The third kappa shape index (κ3) is 7.60. The average Bonchev–Trinajstić information content (AvgIpc) is 2.22.